The van der Waals surface area contributed by atoms with Gasteiger partial charge < -0.3 is 9.47 Å². The van der Waals surface area contributed by atoms with E-state index in [0.717, 1.165) is 0 Å². The maximum atomic E-state index is 12.6. The highest BCUT2D eigenvalue weighted by molar-refractivity contribution is 6.14. The summed E-state index contributed by atoms with van der Waals surface area (Å²) in [5, 5.41) is 21.6. The third-order valence-corrected chi connectivity index (χ3v) is 4.54. The Balaban J connectivity index is 1.53. The molecule has 0 amide bonds. The Bertz CT molecular complexity index is 1310. The predicted molar refractivity (Wildman–Crippen MR) is 111 cm³/mol. The molecule has 158 valence electrons. The van der Waals surface area contributed by atoms with Crippen LogP contribution in [0.15, 0.2) is 72.5 Å². The smallest absolute Gasteiger partial charge is 0.343 e. The summed E-state index contributed by atoms with van der Waals surface area (Å²) in [6.45, 7) is 0. The number of rotatable bonds is 5. The fourth-order valence-corrected chi connectivity index (χ4v) is 3.00. The number of allylic oxidation sites excluding steroid dienone is 1. The zero-order valence-corrected chi connectivity index (χ0v) is 16.1. The van der Waals surface area contributed by atoms with Crippen LogP contribution in [0.4, 0.5) is 11.4 Å². The maximum absolute atomic E-state index is 12.6. The lowest BCUT2D eigenvalue weighted by atomic mass is 10.1. The zero-order chi connectivity index (χ0) is 22.8. The van der Waals surface area contributed by atoms with Crippen molar-refractivity contribution in [2.75, 3.05) is 0 Å². The van der Waals surface area contributed by atoms with Crippen LogP contribution in [-0.2, 0) is 0 Å². The van der Waals surface area contributed by atoms with Crippen molar-refractivity contribution >= 4 is 29.2 Å². The van der Waals surface area contributed by atoms with Gasteiger partial charge in [-0.2, -0.15) is 0 Å². The number of ketones is 1. The Kier molecular flexibility index (Phi) is 5.17. The zero-order valence-electron chi connectivity index (χ0n) is 16.1. The molecule has 0 saturated carbocycles. The van der Waals surface area contributed by atoms with Crippen molar-refractivity contribution in [3.8, 4) is 11.5 Å². The molecule has 0 atom stereocenters. The Morgan fingerprint density at radius 3 is 2.31 bits per heavy atom. The predicted octanol–water partition coefficient (Wildman–Crippen LogP) is 4.34. The molecule has 10 nitrogen and oxygen atoms in total. The fourth-order valence-electron chi connectivity index (χ4n) is 3.00. The van der Waals surface area contributed by atoms with Gasteiger partial charge in [-0.1, -0.05) is 12.1 Å². The molecule has 0 aromatic heterocycles. The molecule has 0 saturated heterocycles. The van der Waals surface area contributed by atoms with Crippen LogP contribution in [0, 0.1) is 20.2 Å². The fraction of sp³-hybridized carbons (Fsp3) is 0. The van der Waals surface area contributed by atoms with Gasteiger partial charge in [0.15, 0.2) is 5.76 Å². The van der Waals surface area contributed by atoms with E-state index in [0.29, 0.717) is 5.56 Å². The Morgan fingerprint density at radius 2 is 1.62 bits per heavy atom. The number of Topliss-reactive ketones (excluding diaryl/α,β-unsaturated/α-hetero) is 1. The summed E-state index contributed by atoms with van der Waals surface area (Å²) in [5.41, 5.74) is 0.494. The quantitative estimate of drug-likeness (QED) is 0.191. The molecular weight excluding hydrogens is 420 g/mol. The van der Waals surface area contributed by atoms with Crippen molar-refractivity contribution in [2.24, 2.45) is 0 Å². The normalized spacial score (nSPS) is 13.4. The molecule has 0 fully saturated rings. The Morgan fingerprint density at radius 1 is 0.906 bits per heavy atom. The molecule has 0 unspecified atom stereocenters. The van der Waals surface area contributed by atoms with Crippen LogP contribution in [0.25, 0.3) is 6.08 Å². The lowest BCUT2D eigenvalue weighted by molar-refractivity contribution is -0.385. The largest absolute Gasteiger partial charge is 0.452 e. The number of non-ortho nitro benzene ring substituents is 2. The van der Waals surface area contributed by atoms with E-state index in [1.807, 2.05) is 0 Å². The molecule has 3 aromatic carbocycles. The number of carbonyl (C=O) groups excluding carboxylic acids is 2. The van der Waals surface area contributed by atoms with Crippen LogP contribution in [0.2, 0.25) is 0 Å². The van der Waals surface area contributed by atoms with Crippen molar-refractivity contribution in [3.63, 3.8) is 0 Å². The minimum absolute atomic E-state index is 0.0284. The maximum Gasteiger partial charge on any atom is 0.343 e. The second-order valence-corrected chi connectivity index (χ2v) is 6.64. The molecule has 1 aliphatic heterocycles. The van der Waals surface area contributed by atoms with Crippen molar-refractivity contribution in [1.82, 2.24) is 0 Å². The molecule has 32 heavy (non-hydrogen) atoms. The highest BCUT2D eigenvalue weighted by atomic mass is 16.6. The standard InChI is InChI=1S/C22H12N2O8/c25-21-18-9-8-17(31-22(26)14-4-6-15(7-5-14)23(27)28)12-19(18)32-20(21)11-13-2-1-3-16(10-13)24(29)30/h1-12H/b20-11-. The van der Waals surface area contributed by atoms with Gasteiger partial charge in [-0.25, -0.2) is 4.79 Å². The molecule has 3 aromatic rings. The SMILES string of the molecule is O=C(Oc1ccc2c(c1)O/C(=C\c1cccc([N+](=O)[O-])c1)C2=O)c1ccc([N+](=O)[O-])cc1. The molecule has 0 N–H and O–H groups in total. The first-order valence-corrected chi connectivity index (χ1v) is 9.11. The molecule has 0 aliphatic carbocycles. The van der Waals surface area contributed by atoms with Crippen molar-refractivity contribution in [1.29, 1.82) is 0 Å². The number of ether oxygens (including phenoxy) is 2. The first kappa shape index (κ1) is 20.4. The highest BCUT2D eigenvalue weighted by Gasteiger charge is 2.28. The van der Waals surface area contributed by atoms with Crippen molar-refractivity contribution in [3.05, 3.63) is 109 Å². The summed E-state index contributed by atoms with van der Waals surface area (Å²) in [4.78, 5) is 45.4. The van der Waals surface area contributed by atoms with Gasteiger partial charge in [-0.3, -0.25) is 25.0 Å². The van der Waals surface area contributed by atoms with Crippen LogP contribution in [-0.4, -0.2) is 21.6 Å². The van der Waals surface area contributed by atoms with Crippen LogP contribution < -0.4 is 9.47 Å². The number of carbonyl (C=O) groups is 2. The van der Waals surface area contributed by atoms with E-state index < -0.39 is 21.6 Å². The lowest BCUT2D eigenvalue weighted by Gasteiger charge is -2.05. The Hall–Kier alpha value is -4.86. The summed E-state index contributed by atoms with van der Waals surface area (Å²) in [5.74, 6) is -0.909. The Labute approximate surface area is 179 Å². The van der Waals surface area contributed by atoms with E-state index >= 15 is 0 Å². The molecule has 4 rings (SSSR count). The molecule has 0 spiro atoms. The van der Waals surface area contributed by atoms with Crippen molar-refractivity contribution in [2.45, 2.75) is 0 Å². The van der Waals surface area contributed by atoms with Gasteiger partial charge in [0.05, 0.1) is 21.0 Å². The van der Waals surface area contributed by atoms with Gasteiger partial charge in [0, 0.05) is 30.3 Å². The first-order valence-electron chi connectivity index (χ1n) is 9.11. The van der Waals surface area contributed by atoms with E-state index in [9.17, 15) is 29.8 Å². The third-order valence-electron chi connectivity index (χ3n) is 4.54. The van der Waals surface area contributed by atoms with Gasteiger partial charge in [0.25, 0.3) is 11.4 Å². The van der Waals surface area contributed by atoms with Crippen LogP contribution in [0.3, 0.4) is 0 Å². The molecule has 0 bridgehead atoms. The molecular formula is C22H12N2O8. The van der Waals surface area contributed by atoms with Crippen molar-refractivity contribution < 1.29 is 28.9 Å². The molecule has 0 radical (unpaired) electrons. The van der Waals surface area contributed by atoms with Gasteiger partial charge in [0.2, 0.25) is 5.78 Å². The van der Waals surface area contributed by atoms with E-state index in [4.69, 9.17) is 9.47 Å². The average molecular weight is 432 g/mol. The summed E-state index contributed by atoms with van der Waals surface area (Å²) >= 11 is 0. The number of hydrogen-bond donors (Lipinski definition) is 0. The number of benzene rings is 3. The van der Waals surface area contributed by atoms with Crippen LogP contribution in [0.5, 0.6) is 11.5 Å². The minimum atomic E-state index is -0.739. The van der Waals surface area contributed by atoms with Crippen LogP contribution >= 0.6 is 0 Å². The third kappa shape index (κ3) is 4.05. The lowest BCUT2D eigenvalue weighted by Crippen LogP contribution is -2.08. The first-order chi connectivity index (χ1) is 15.3. The van der Waals surface area contributed by atoms with Gasteiger partial charge in [-0.05, 0) is 35.9 Å². The molecule has 1 heterocycles. The number of fused-ring (bicyclic) bond motifs is 1. The summed E-state index contributed by atoms with van der Waals surface area (Å²) < 4.78 is 10.8. The van der Waals surface area contributed by atoms with Gasteiger partial charge >= 0.3 is 5.97 Å². The number of nitro groups is 2. The average Bonchev–Trinajstić information content (AvgIpc) is 3.08. The second-order valence-electron chi connectivity index (χ2n) is 6.64. The van der Waals surface area contributed by atoms with Gasteiger partial charge in [0.1, 0.15) is 11.5 Å². The summed E-state index contributed by atoms with van der Waals surface area (Å²) in [7, 11) is 0. The van der Waals surface area contributed by atoms with E-state index in [-0.39, 0.29) is 39.8 Å². The van der Waals surface area contributed by atoms with Gasteiger partial charge in [-0.15, -0.1) is 0 Å². The van der Waals surface area contributed by atoms with E-state index in [2.05, 4.69) is 0 Å². The number of hydrogen-bond acceptors (Lipinski definition) is 8. The highest BCUT2D eigenvalue weighted by Crippen LogP contribution is 2.35. The van der Waals surface area contributed by atoms with Crippen LogP contribution in [0.1, 0.15) is 26.3 Å². The second kappa shape index (κ2) is 8.11. The topological polar surface area (TPSA) is 139 Å². The van der Waals surface area contributed by atoms with E-state index in [1.165, 1.54) is 66.7 Å². The molecule has 1 aliphatic rings. The number of esters is 1. The molecule has 10 heteroatoms. The number of nitro benzene ring substituents is 2. The summed E-state index contributed by atoms with van der Waals surface area (Å²) in [6, 6.07) is 14.9. The monoisotopic (exact) mass is 432 g/mol. The van der Waals surface area contributed by atoms with E-state index in [1.54, 1.807) is 6.07 Å². The number of nitrogens with zero attached hydrogens (tertiary/aromatic N) is 2. The minimum Gasteiger partial charge on any atom is -0.452 e. The summed E-state index contributed by atoms with van der Waals surface area (Å²) in [6.07, 6.45) is 1.39.